The van der Waals surface area contributed by atoms with Crippen LogP contribution in [0.25, 0.3) is 0 Å². The van der Waals surface area contributed by atoms with Crippen molar-refractivity contribution in [1.82, 2.24) is 14.7 Å². The summed E-state index contributed by atoms with van der Waals surface area (Å²) >= 11 is 0. The molecule has 4 saturated heterocycles. The van der Waals surface area contributed by atoms with Crippen LogP contribution in [-0.4, -0.2) is 117 Å². The highest BCUT2D eigenvalue weighted by atomic mass is 16.6. The third-order valence-corrected chi connectivity index (χ3v) is 9.31. The van der Waals surface area contributed by atoms with Crippen LogP contribution < -0.4 is 0 Å². The second-order valence-electron chi connectivity index (χ2n) is 12.5. The average Bonchev–Trinajstić information content (AvgIpc) is 3.70. The zero-order valence-electron chi connectivity index (χ0n) is 23.4. The Morgan fingerprint density at radius 3 is 2.46 bits per heavy atom. The molecule has 1 saturated carbocycles. The van der Waals surface area contributed by atoms with Gasteiger partial charge >= 0.3 is 6.09 Å². The number of allylic oxidation sites excluding steroid dienone is 1. The van der Waals surface area contributed by atoms with Crippen LogP contribution >= 0.6 is 0 Å². The maximum atomic E-state index is 13.0. The number of ether oxygens (including phenoxy) is 4. The minimum atomic E-state index is -0.330. The predicted molar refractivity (Wildman–Crippen MR) is 138 cm³/mol. The third-order valence-electron chi connectivity index (χ3n) is 9.31. The fourth-order valence-corrected chi connectivity index (χ4v) is 6.81. The molecule has 9 heteroatoms. The van der Waals surface area contributed by atoms with E-state index in [1.54, 1.807) is 12.0 Å². The van der Waals surface area contributed by atoms with Crippen LogP contribution in [-0.2, 0) is 23.7 Å². The van der Waals surface area contributed by atoms with Crippen molar-refractivity contribution in [2.45, 2.75) is 76.0 Å². The summed E-state index contributed by atoms with van der Waals surface area (Å²) in [4.78, 5) is 30.8. The van der Waals surface area contributed by atoms with Crippen molar-refractivity contribution in [3.8, 4) is 0 Å². The first-order valence-corrected chi connectivity index (χ1v) is 13.9. The van der Waals surface area contributed by atoms with E-state index in [2.05, 4.69) is 31.7 Å². The quantitative estimate of drug-likeness (QED) is 0.342. The Morgan fingerprint density at radius 1 is 1.16 bits per heavy atom. The van der Waals surface area contributed by atoms with Crippen LogP contribution in [0.1, 0.15) is 46.5 Å². The van der Waals surface area contributed by atoms with Gasteiger partial charge in [0, 0.05) is 47.4 Å². The molecular formula is C28H45N3O6. The molecule has 0 bridgehead atoms. The average molecular weight is 520 g/mol. The molecule has 4 heterocycles. The maximum Gasteiger partial charge on any atom is 0.410 e. The van der Waals surface area contributed by atoms with Gasteiger partial charge in [0.05, 0.1) is 24.5 Å². The van der Waals surface area contributed by atoms with E-state index < -0.39 is 0 Å². The van der Waals surface area contributed by atoms with E-state index >= 15 is 0 Å². The molecule has 1 spiro atoms. The van der Waals surface area contributed by atoms with Crippen LogP contribution in [0.15, 0.2) is 11.6 Å². The number of epoxide rings is 2. The molecule has 5 aliphatic rings. The van der Waals surface area contributed by atoms with Crippen molar-refractivity contribution in [1.29, 1.82) is 0 Å². The number of carbonyl (C=O) groups is 2. The van der Waals surface area contributed by atoms with E-state index in [1.807, 2.05) is 19.0 Å². The van der Waals surface area contributed by atoms with Crippen LogP contribution in [0.4, 0.5) is 4.79 Å². The highest BCUT2D eigenvalue weighted by Crippen LogP contribution is 2.59. The van der Waals surface area contributed by atoms with Gasteiger partial charge in [-0.1, -0.05) is 11.6 Å². The van der Waals surface area contributed by atoms with Gasteiger partial charge in [-0.15, -0.1) is 0 Å². The molecule has 0 aromatic carbocycles. The third kappa shape index (κ3) is 5.29. The Morgan fingerprint density at radius 2 is 1.86 bits per heavy atom. The first kappa shape index (κ1) is 26.9. The summed E-state index contributed by atoms with van der Waals surface area (Å²) in [7, 11) is 5.34. The van der Waals surface area contributed by atoms with Crippen molar-refractivity contribution >= 4 is 12.0 Å². The highest BCUT2D eigenvalue weighted by molar-refractivity contribution is 5.79. The SMILES string of the molecule is CO[C@H]1C([C@@]2(C)O[C@@H]2CC=C(C)C)[C@]2(CC[C@H]1OC(=O)N1CC(CCN3CC(C(=O)N(C)C)C3)C1)CO2. The van der Waals surface area contributed by atoms with E-state index in [1.165, 1.54) is 5.57 Å². The molecule has 0 aromatic rings. The van der Waals surface area contributed by atoms with Crippen LogP contribution in [0, 0.1) is 17.8 Å². The van der Waals surface area contributed by atoms with Crippen LogP contribution in [0.5, 0.6) is 0 Å². The number of amides is 2. The normalized spacial score (nSPS) is 37.5. The first-order valence-electron chi connectivity index (χ1n) is 13.9. The van der Waals surface area contributed by atoms with Gasteiger partial charge in [-0.2, -0.15) is 0 Å². The molecule has 6 atom stereocenters. The summed E-state index contributed by atoms with van der Waals surface area (Å²) < 4.78 is 24.3. The van der Waals surface area contributed by atoms with E-state index in [0.717, 1.165) is 65.0 Å². The maximum absolute atomic E-state index is 13.0. The lowest BCUT2D eigenvalue weighted by Crippen LogP contribution is -2.58. The minimum Gasteiger partial charge on any atom is -0.443 e. The summed E-state index contributed by atoms with van der Waals surface area (Å²) in [5.74, 6) is 0.891. The second kappa shape index (κ2) is 10.1. The van der Waals surface area contributed by atoms with E-state index in [4.69, 9.17) is 18.9 Å². The molecule has 5 rings (SSSR count). The minimum absolute atomic E-state index is 0.0379. The van der Waals surface area contributed by atoms with Gasteiger partial charge in [0.15, 0.2) is 0 Å². The fraction of sp³-hybridized carbons (Fsp3) is 0.857. The molecule has 4 aliphatic heterocycles. The number of hydrogen-bond donors (Lipinski definition) is 0. The summed E-state index contributed by atoms with van der Waals surface area (Å²) in [6.07, 6.45) is 5.11. The molecule has 0 N–H and O–H groups in total. The van der Waals surface area contributed by atoms with Crippen molar-refractivity contribution in [2.75, 3.05) is 60.5 Å². The Labute approximate surface area is 221 Å². The molecule has 5 fully saturated rings. The molecule has 1 aliphatic carbocycles. The molecular weight excluding hydrogens is 474 g/mol. The zero-order valence-corrected chi connectivity index (χ0v) is 23.4. The number of carbonyl (C=O) groups excluding carboxylic acids is 2. The standard InChI is InChI=1S/C28H45N3O6/c1-18(2)7-8-22-27(3,37-22)24-23(34-6)21(9-11-28(24)17-35-28)36-26(33)31-13-19(14-31)10-12-30-15-20(16-30)25(32)29(4)5/h7,19-24H,8-17H2,1-6H3/t21-,22-,23-,24?,27+,28+/m1/s1. The number of methoxy groups -OCH3 is 1. The van der Waals surface area contributed by atoms with Gasteiger partial charge in [-0.3, -0.25) is 4.79 Å². The molecule has 0 radical (unpaired) electrons. The number of likely N-dealkylation sites (tertiary alicyclic amines) is 2. The Balaban J connectivity index is 1.09. The number of rotatable bonds is 9. The van der Waals surface area contributed by atoms with Crippen molar-refractivity contribution in [3.05, 3.63) is 11.6 Å². The van der Waals surface area contributed by atoms with Gasteiger partial charge in [-0.05, 0) is 58.9 Å². The molecule has 208 valence electrons. The summed E-state index contributed by atoms with van der Waals surface area (Å²) in [5, 5.41) is 0. The van der Waals surface area contributed by atoms with Crippen molar-refractivity contribution < 1.29 is 28.5 Å². The largest absolute Gasteiger partial charge is 0.443 e. The first-order chi connectivity index (χ1) is 17.6. The Bertz CT molecular complexity index is 904. The van der Waals surface area contributed by atoms with Crippen molar-refractivity contribution in [2.24, 2.45) is 17.8 Å². The smallest absolute Gasteiger partial charge is 0.410 e. The molecule has 2 amide bonds. The Hall–Kier alpha value is -1.68. The topological polar surface area (TPSA) is 87.4 Å². The van der Waals surface area contributed by atoms with Gasteiger partial charge in [0.2, 0.25) is 5.91 Å². The fourth-order valence-electron chi connectivity index (χ4n) is 6.81. The molecule has 37 heavy (non-hydrogen) atoms. The zero-order chi connectivity index (χ0) is 26.5. The Kier molecular flexibility index (Phi) is 7.37. The van der Waals surface area contributed by atoms with E-state index in [-0.39, 0.29) is 53.4 Å². The number of hydrogen-bond acceptors (Lipinski definition) is 7. The lowest BCUT2D eigenvalue weighted by atomic mass is 9.68. The lowest BCUT2D eigenvalue weighted by molar-refractivity contribution is -0.138. The van der Waals surface area contributed by atoms with E-state index in [9.17, 15) is 9.59 Å². The summed E-state index contributed by atoms with van der Waals surface area (Å²) in [5.41, 5.74) is 0.742. The molecule has 0 aromatic heterocycles. The number of nitrogens with zero attached hydrogens (tertiary/aromatic N) is 3. The van der Waals surface area contributed by atoms with Crippen LogP contribution in [0.3, 0.4) is 0 Å². The molecule has 9 nitrogen and oxygen atoms in total. The molecule has 1 unspecified atom stereocenters. The van der Waals surface area contributed by atoms with Crippen LogP contribution in [0.2, 0.25) is 0 Å². The van der Waals surface area contributed by atoms with Gasteiger partial charge in [-0.25, -0.2) is 4.79 Å². The second-order valence-corrected chi connectivity index (χ2v) is 12.5. The van der Waals surface area contributed by atoms with Gasteiger partial charge in [0.1, 0.15) is 23.4 Å². The van der Waals surface area contributed by atoms with Gasteiger partial charge < -0.3 is 33.6 Å². The van der Waals surface area contributed by atoms with Crippen molar-refractivity contribution in [3.63, 3.8) is 0 Å². The summed E-state index contributed by atoms with van der Waals surface area (Å²) in [6, 6.07) is 0. The lowest BCUT2D eigenvalue weighted by Gasteiger charge is -2.45. The van der Waals surface area contributed by atoms with Gasteiger partial charge in [0.25, 0.3) is 0 Å². The highest BCUT2D eigenvalue weighted by Gasteiger charge is 2.72. The predicted octanol–water partition coefficient (Wildman–Crippen LogP) is 2.54. The monoisotopic (exact) mass is 519 g/mol. The van der Waals surface area contributed by atoms with E-state index in [0.29, 0.717) is 5.92 Å². The summed E-state index contributed by atoms with van der Waals surface area (Å²) in [6.45, 7) is 11.2.